The number of fused-ring (bicyclic) bond motifs is 1. The molecule has 10 heteroatoms. The number of phenolic OH excluding ortho intramolecular Hbond substituents is 1. The molecule has 0 saturated heterocycles. The Morgan fingerprint density at radius 1 is 1.24 bits per heavy atom. The molecule has 5 N–H and O–H groups in total. The number of alkyl halides is 3. The van der Waals surface area contributed by atoms with Gasteiger partial charge in [-0.2, -0.15) is 13.2 Å². The summed E-state index contributed by atoms with van der Waals surface area (Å²) in [4.78, 5) is 12.6. The maximum Gasteiger partial charge on any atom is 0.418 e. The highest BCUT2D eigenvalue weighted by atomic mass is 19.4. The summed E-state index contributed by atoms with van der Waals surface area (Å²) in [6, 6.07) is 6.94. The maximum atomic E-state index is 13.3. The third-order valence-corrected chi connectivity index (χ3v) is 5.96. The van der Waals surface area contributed by atoms with Gasteiger partial charge in [-0.3, -0.25) is 0 Å². The molecule has 0 radical (unpaired) electrons. The second-order valence-electron chi connectivity index (χ2n) is 9.43. The van der Waals surface area contributed by atoms with E-state index < -0.39 is 35.4 Å². The van der Waals surface area contributed by atoms with Gasteiger partial charge in [0.25, 0.3) is 0 Å². The summed E-state index contributed by atoms with van der Waals surface area (Å²) < 4.78 is 45.0. The van der Waals surface area contributed by atoms with Gasteiger partial charge in [0.05, 0.1) is 18.9 Å². The third kappa shape index (κ3) is 5.23. The van der Waals surface area contributed by atoms with Gasteiger partial charge in [0.15, 0.2) is 6.10 Å². The molecule has 0 saturated carbocycles. The predicted molar refractivity (Wildman–Crippen MR) is 120 cm³/mol. The Balaban J connectivity index is 1.81. The first kappa shape index (κ1) is 25.6. The van der Waals surface area contributed by atoms with Crippen molar-refractivity contribution in [1.29, 1.82) is 0 Å². The molecule has 0 heterocycles. The molecule has 1 aliphatic rings. The number of methoxy groups -OCH3 is 1. The summed E-state index contributed by atoms with van der Waals surface area (Å²) in [6.45, 7) is 5.42. The van der Waals surface area contributed by atoms with Crippen LogP contribution in [-0.4, -0.2) is 41.2 Å². The number of aliphatic hydroxyl groups excluding tert-OH is 2. The highest BCUT2D eigenvalue weighted by molar-refractivity contribution is 5.91. The van der Waals surface area contributed by atoms with E-state index in [1.165, 1.54) is 18.2 Å². The van der Waals surface area contributed by atoms with Crippen LogP contribution in [0.3, 0.4) is 0 Å². The molecule has 3 rings (SSSR count). The van der Waals surface area contributed by atoms with Crippen molar-refractivity contribution in [3.05, 3.63) is 52.6 Å². The van der Waals surface area contributed by atoms with Crippen molar-refractivity contribution >= 4 is 11.7 Å². The lowest BCUT2D eigenvalue weighted by molar-refractivity contribution is -0.207. The molecule has 34 heavy (non-hydrogen) atoms. The minimum Gasteiger partial charge on any atom is -0.508 e. The van der Waals surface area contributed by atoms with E-state index in [2.05, 4.69) is 10.6 Å². The van der Waals surface area contributed by atoms with Gasteiger partial charge in [0.2, 0.25) is 0 Å². The van der Waals surface area contributed by atoms with Crippen molar-refractivity contribution in [3.8, 4) is 11.5 Å². The molecule has 1 aliphatic carbocycles. The van der Waals surface area contributed by atoms with Crippen LogP contribution in [0.1, 0.15) is 55.2 Å². The average Bonchev–Trinajstić information content (AvgIpc) is 3.06. The molecule has 2 aromatic carbocycles. The lowest BCUT2D eigenvalue weighted by atomic mass is 9.84. The van der Waals surface area contributed by atoms with Gasteiger partial charge >= 0.3 is 12.2 Å². The number of carbonyl (C=O) groups is 1. The number of phenols is 1. The molecule has 7 nitrogen and oxygen atoms in total. The van der Waals surface area contributed by atoms with Crippen LogP contribution in [-0.2, 0) is 11.8 Å². The Morgan fingerprint density at radius 3 is 2.47 bits per heavy atom. The van der Waals surface area contributed by atoms with Crippen LogP contribution in [0.5, 0.6) is 11.5 Å². The fourth-order valence-electron chi connectivity index (χ4n) is 4.11. The van der Waals surface area contributed by atoms with Gasteiger partial charge in [-0.25, -0.2) is 4.79 Å². The molecule has 0 fully saturated rings. The zero-order valence-corrected chi connectivity index (χ0v) is 19.3. The van der Waals surface area contributed by atoms with E-state index in [1.54, 1.807) is 32.9 Å². The number of hydrogen-bond acceptors (Lipinski definition) is 5. The van der Waals surface area contributed by atoms with Crippen molar-refractivity contribution < 1.29 is 38.0 Å². The van der Waals surface area contributed by atoms with E-state index in [4.69, 9.17) is 4.74 Å². The highest BCUT2D eigenvalue weighted by Crippen LogP contribution is 2.43. The van der Waals surface area contributed by atoms with E-state index in [1.807, 2.05) is 0 Å². The number of hydrogen-bond donors (Lipinski definition) is 5. The van der Waals surface area contributed by atoms with E-state index in [9.17, 15) is 33.3 Å². The predicted octanol–water partition coefficient (Wildman–Crippen LogP) is 4.32. The van der Waals surface area contributed by atoms with Crippen LogP contribution in [0.4, 0.5) is 23.7 Å². The van der Waals surface area contributed by atoms with Crippen LogP contribution in [0.25, 0.3) is 0 Å². The lowest BCUT2D eigenvalue weighted by Crippen LogP contribution is -2.34. The topological polar surface area (TPSA) is 111 Å². The maximum absolute atomic E-state index is 13.3. The summed E-state index contributed by atoms with van der Waals surface area (Å²) in [6.07, 6.45) is -8.25. The molecular formula is C24H29F3N2O5. The first-order chi connectivity index (χ1) is 15.7. The van der Waals surface area contributed by atoms with Crippen molar-refractivity contribution in [3.63, 3.8) is 0 Å². The Morgan fingerprint density at radius 2 is 1.91 bits per heavy atom. The van der Waals surface area contributed by atoms with Gasteiger partial charge < -0.3 is 30.7 Å². The van der Waals surface area contributed by atoms with E-state index in [-0.39, 0.29) is 29.6 Å². The Hall–Kier alpha value is -2.98. The van der Waals surface area contributed by atoms with E-state index in [0.29, 0.717) is 17.5 Å². The smallest absolute Gasteiger partial charge is 0.418 e. The van der Waals surface area contributed by atoms with Gasteiger partial charge in [0.1, 0.15) is 11.5 Å². The molecule has 0 bridgehead atoms. The van der Waals surface area contributed by atoms with Crippen molar-refractivity contribution in [2.24, 2.45) is 5.92 Å². The molecule has 2 aromatic rings. The van der Waals surface area contributed by atoms with Gasteiger partial charge in [-0.1, -0.05) is 32.9 Å². The third-order valence-electron chi connectivity index (χ3n) is 5.96. The number of halogens is 3. The summed E-state index contributed by atoms with van der Waals surface area (Å²) in [7, 11) is 1.15. The van der Waals surface area contributed by atoms with Crippen LogP contribution in [0.2, 0.25) is 0 Å². The summed E-state index contributed by atoms with van der Waals surface area (Å²) in [5.74, 6) is -0.706. The standard InChI is InChI=1S/C24H29F3N2O5/c1-23(2,3)14-9-15(21(32)24(25,26)27)20(34-4)16(10-14)29-22(33)28-11-13-8-12-6-5-7-17(30)18(12)19(13)31/h5-7,9-10,13,19,21,30-32H,8,11H2,1-4H3,(H2,28,29,33)/t13-,19+,21+/m0/s1. The highest BCUT2D eigenvalue weighted by Gasteiger charge is 2.42. The number of urea groups is 1. The zero-order chi connectivity index (χ0) is 25.4. The monoisotopic (exact) mass is 482 g/mol. The molecule has 0 aromatic heterocycles. The Kier molecular flexibility index (Phi) is 7.05. The van der Waals surface area contributed by atoms with Crippen LogP contribution >= 0.6 is 0 Å². The summed E-state index contributed by atoms with van der Waals surface area (Å²) in [5.41, 5.74) is 0.554. The fraction of sp³-hybridized carbons (Fsp3) is 0.458. The number of carbonyl (C=O) groups excluding carboxylic acids is 1. The number of ether oxygens (including phenoxy) is 1. The van der Waals surface area contributed by atoms with Crippen LogP contribution < -0.4 is 15.4 Å². The zero-order valence-electron chi connectivity index (χ0n) is 19.3. The SMILES string of the molecule is COc1c(NC(=O)NC[C@@H]2Cc3cccc(O)c3[C@@H]2O)cc(C(C)(C)C)cc1[C@@H](O)C(F)(F)F. The minimum atomic E-state index is -4.93. The number of anilines is 1. The second-order valence-corrected chi connectivity index (χ2v) is 9.43. The number of benzene rings is 2. The van der Waals surface area contributed by atoms with Crippen molar-refractivity contribution in [2.45, 2.75) is 51.0 Å². The number of amides is 2. The van der Waals surface area contributed by atoms with Gasteiger partial charge in [-0.05, 0) is 41.2 Å². The lowest BCUT2D eigenvalue weighted by Gasteiger charge is -2.26. The molecular weight excluding hydrogens is 453 g/mol. The van der Waals surface area contributed by atoms with Crippen molar-refractivity contribution in [1.82, 2.24) is 5.32 Å². The first-order valence-electron chi connectivity index (χ1n) is 10.7. The number of aliphatic hydroxyl groups is 2. The number of nitrogens with one attached hydrogen (secondary N) is 2. The molecule has 2 amide bonds. The van der Waals surface area contributed by atoms with Crippen LogP contribution in [0.15, 0.2) is 30.3 Å². The molecule has 0 aliphatic heterocycles. The van der Waals surface area contributed by atoms with Crippen LogP contribution in [0, 0.1) is 5.92 Å². The molecule has 3 atom stereocenters. The largest absolute Gasteiger partial charge is 0.508 e. The summed E-state index contributed by atoms with van der Waals surface area (Å²) >= 11 is 0. The average molecular weight is 482 g/mol. The summed E-state index contributed by atoms with van der Waals surface area (Å²) in [5, 5.41) is 35.6. The van der Waals surface area contributed by atoms with E-state index in [0.717, 1.165) is 12.7 Å². The fourth-order valence-corrected chi connectivity index (χ4v) is 4.11. The first-order valence-corrected chi connectivity index (χ1v) is 10.7. The quantitative estimate of drug-likeness (QED) is 0.436. The van der Waals surface area contributed by atoms with Gasteiger partial charge in [-0.15, -0.1) is 0 Å². The van der Waals surface area contributed by atoms with Gasteiger partial charge in [0, 0.05) is 23.6 Å². The second kappa shape index (κ2) is 9.34. The van der Waals surface area contributed by atoms with E-state index >= 15 is 0 Å². The number of rotatable bonds is 5. The molecule has 0 spiro atoms. The molecule has 0 unspecified atom stereocenters. The van der Waals surface area contributed by atoms with Crippen molar-refractivity contribution in [2.75, 3.05) is 19.0 Å². The Labute approximate surface area is 195 Å². The minimum absolute atomic E-state index is 0.0172. The molecule has 186 valence electrons. The normalized spacial score (nSPS) is 18.9. The number of aromatic hydroxyl groups is 1. The Bertz CT molecular complexity index is 1070.